The Balaban J connectivity index is 0.000000160. The number of hydrogen-bond acceptors (Lipinski definition) is 2. The molecule has 2 radical (unpaired) electrons. The SMILES string of the molecule is C1CCC[N]CC1.c1ccc(CC23CCC[N+]2CC3)nc1. The molecule has 0 aromatic carbocycles. The van der Waals surface area contributed by atoms with Gasteiger partial charge >= 0.3 is 0 Å². The second-order valence-corrected chi connectivity index (χ2v) is 6.65. The number of rotatable bonds is 2. The topological polar surface area (TPSA) is 32.9 Å². The van der Waals surface area contributed by atoms with E-state index in [9.17, 15) is 0 Å². The van der Waals surface area contributed by atoms with Gasteiger partial charge in [-0.15, -0.1) is 0 Å². The van der Waals surface area contributed by atoms with Crippen LogP contribution in [0.15, 0.2) is 24.4 Å². The summed E-state index contributed by atoms with van der Waals surface area (Å²) < 4.78 is 0. The minimum atomic E-state index is 0.508. The molecule has 1 unspecified atom stereocenters. The molecule has 0 amide bonds. The summed E-state index contributed by atoms with van der Waals surface area (Å²) in [6.45, 7) is 4.87. The molecule has 0 N–H and O–H groups in total. The van der Waals surface area contributed by atoms with Crippen LogP contribution in [0, 0.1) is 0 Å². The van der Waals surface area contributed by atoms with E-state index in [-0.39, 0.29) is 0 Å². The quantitative estimate of drug-likeness (QED) is 0.770. The third-order valence-corrected chi connectivity index (χ3v) is 5.21. The van der Waals surface area contributed by atoms with Crippen molar-refractivity contribution in [2.24, 2.45) is 0 Å². The average Bonchev–Trinajstić information content (AvgIpc) is 2.74. The molecule has 21 heavy (non-hydrogen) atoms. The standard InChI is InChI=1S/C12H16N2.C6H12N/c1-2-7-13-11(4-1)10-12-5-3-8-14(12)9-6-12;1-2-4-6-7-5-3-1/h1-2,4,7H,3,5-6,8-10H2;1-6H2/q+1;. The van der Waals surface area contributed by atoms with Crippen LogP contribution >= 0.6 is 0 Å². The molecule has 0 saturated carbocycles. The molecule has 3 nitrogen and oxygen atoms in total. The Morgan fingerprint density at radius 2 is 1.81 bits per heavy atom. The molecule has 0 spiro atoms. The van der Waals surface area contributed by atoms with E-state index in [0.717, 1.165) is 19.5 Å². The van der Waals surface area contributed by atoms with Crippen LogP contribution in [0.5, 0.6) is 0 Å². The Bertz CT molecular complexity index is 400. The highest BCUT2D eigenvalue weighted by Gasteiger charge is 2.57. The third kappa shape index (κ3) is 3.83. The highest BCUT2D eigenvalue weighted by molar-refractivity contribution is 5.16. The zero-order valence-electron chi connectivity index (χ0n) is 13.1. The van der Waals surface area contributed by atoms with Gasteiger partial charge in [0.15, 0.2) is 5.54 Å². The second kappa shape index (κ2) is 7.37. The Kier molecular flexibility index (Phi) is 5.26. The fraction of sp³-hybridized carbons (Fsp3) is 0.722. The molecular formula is C18H28N3+. The monoisotopic (exact) mass is 286 g/mol. The lowest BCUT2D eigenvalue weighted by Crippen LogP contribution is -2.61. The molecule has 1 aromatic rings. The maximum Gasteiger partial charge on any atom is 0.154 e. The summed E-state index contributed by atoms with van der Waals surface area (Å²) in [5, 5.41) is 4.27. The largest absolute Gasteiger partial charge is 0.261 e. The Labute approximate surface area is 129 Å². The van der Waals surface area contributed by atoms with Crippen LogP contribution in [0.3, 0.4) is 0 Å². The van der Waals surface area contributed by atoms with E-state index in [1.807, 2.05) is 12.3 Å². The van der Waals surface area contributed by atoms with Gasteiger partial charge in [-0.1, -0.05) is 18.9 Å². The van der Waals surface area contributed by atoms with Crippen LogP contribution in [0.1, 0.15) is 50.6 Å². The van der Waals surface area contributed by atoms with Gasteiger partial charge in [-0.05, 0) is 25.0 Å². The molecule has 3 fully saturated rings. The summed E-state index contributed by atoms with van der Waals surface area (Å²) in [4.78, 5) is 7.07. The molecule has 4 heterocycles. The van der Waals surface area contributed by atoms with Crippen molar-refractivity contribution >= 4 is 0 Å². The van der Waals surface area contributed by atoms with Crippen molar-refractivity contribution in [2.75, 3.05) is 26.2 Å². The van der Waals surface area contributed by atoms with Crippen molar-refractivity contribution in [1.29, 1.82) is 0 Å². The van der Waals surface area contributed by atoms with Gasteiger partial charge in [0, 0.05) is 44.2 Å². The lowest BCUT2D eigenvalue weighted by Gasteiger charge is -2.37. The zero-order valence-corrected chi connectivity index (χ0v) is 13.1. The zero-order chi connectivity index (χ0) is 14.4. The molecule has 3 aliphatic rings. The molecule has 114 valence electrons. The van der Waals surface area contributed by atoms with Gasteiger partial charge in [-0.3, -0.25) is 4.98 Å². The molecule has 3 aliphatic heterocycles. The van der Waals surface area contributed by atoms with Gasteiger partial charge in [0.25, 0.3) is 0 Å². The van der Waals surface area contributed by atoms with Gasteiger partial charge in [0.2, 0.25) is 0 Å². The predicted molar refractivity (Wildman–Crippen MR) is 86.7 cm³/mol. The van der Waals surface area contributed by atoms with Crippen LogP contribution in [-0.4, -0.2) is 36.7 Å². The van der Waals surface area contributed by atoms with Gasteiger partial charge < -0.3 is 0 Å². The number of fused-ring (bicyclic) bond motifs is 1. The van der Waals surface area contributed by atoms with Crippen LogP contribution in [-0.2, 0) is 6.42 Å². The highest BCUT2D eigenvalue weighted by Crippen LogP contribution is 2.40. The van der Waals surface area contributed by atoms with E-state index in [4.69, 9.17) is 0 Å². The Hall–Kier alpha value is -0.930. The predicted octanol–water partition coefficient (Wildman–Crippen LogP) is 2.87. The van der Waals surface area contributed by atoms with Crippen molar-refractivity contribution in [3.05, 3.63) is 30.1 Å². The fourth-order valence-corrected chi connectivity index (χ4v) is 3.86. The third-order valence-electron chi connectivity index (χ3n) is 5.21. The van der Waals surface area contributed by atoms with Crippen molar-refractivity contribution in [3.8, 4) is 0 Å². The lowest BCUT2D eigenvalue weighted by atomic mass is 9.81. The first kappa shape index (κ1) is 15.0. The molecule has 4 rings (SSSR count). The highest BCUT2D eigenvalue weighted by atomic mass is 15.3. The van der Waals surface area contributed by atoms with Gasteiger partial charge in [-0.25, -0.2) is 5.32 Å². The number of pyridine rings is 1. The smallest absolute Gasteiger partial charge is 0.154 e. The second-order valence-electron chi connectivity index (χ2n) is 6.65. The van der Waals surface area contributed by atoms with Crippen molar-refractivity contribution in [2.45, 2.75) is 56.9 Å². The summed E-state index contributed by atoms with van der Waals surface area (Å²) in [6, 6.07) is 6.24. The summed E-state index contributed by atoms with van der Waals surface area (Å²) in [5.41, 5.74) is 1.77. The summed E-state index contributed by atoms with van der Waals surface area (Å²) in [6.07, 6.45) is 12.7. The van der Waals surface area contributed by atoms with E-state index in [0.29, 0.717) is 5.54 Å². The Morgan fingerprint density at radius 1 is 0.952 bits per heavy atom. The molecule has 0 aliphatic carbocycles. The van der Waals surface area contributed by atoms with Gasteiger partial charge in [0.1, 0.15) is 13.1 Å². The van der Waals surface area contributed by atoms with Crippen molar-refractivity contribution < 1.29 is 0 Å². The van der Waals surface area contributed by atoms with E-state index < -0.39 is 0 Å². The number of hydrogen-bond donors (Lipinski definition) is 0. The molecule has 3 saturated heterocycles. The number of nitrogens with zero attached hydrogens (tertiary/aromatic N) is 3. The summed E-state index contributed by atoms with van der Waals surface area (Å²) >= 11 is 0. The minimum absolute atomic E-state index is 0.508. The van der Waals surface area contributed by atoms with E-state index >= 15 is 0 Å². The Morgan fingerprint density at radius 3 is 2.43 bits per heavy atom. The maximum absolute atomic E-state index is 4.43. The first-order chi connectivity index (χ1) is 10.4. The number of aromatic nitrogens is 1. The van der Waals surface area contributed by atoms with E-state index in [1.54, 1.807) is 0 Å². The maximum atomic E-state index is 4.43. The van der Waals surface area contributed by atoms with E-state index in [1.165, 1.54) is 63.7 Å². The first-order valence-corrected chi connectivity index (χ1v) is 8.67. The van der Waals surface area contributed by atoms with Crippen molar-refractivity contribution in [3.63, 3.8) is 0 Å². The lowest BCUT2D eigenvalue weighted by molar-refractivity contribution is 0.121. The van der Waals surface area contributed by atoms with Crippen molar-refractivity contribution in [1.82, 2.24) is 15.2 Å². The fourth-order valence-electron chi connectivity index (χ4n) is 3.86. The molecule has 1 aromatic heterocycles. The van der Waals surface area contributed by atoms with Crippen LogP contribution in [0.2, 0.25) is 0 Å². The van der Waals surface area contributed by atoms with Crippen LogP contribution in [0.25, 0.3) is 0 Å². The molecule has 1 atom stereocenters. The van der Waals surface area contributed by atoms with Gasteiger partial charge in [-0.2, -0.15) is 4.90 Å². The molecular weight excluding hydrogens is 258 g/mol. The average molecular weight is 286 g/mol. The molecule has 0 bridgehead atoms. The normalized spacial score (nSPS) is 28.8. The molecule has 3 heteroatoms. The summed E-state index contributed by atoms with van der Waals surface area (Å²) in [7, 11) is 0. The van der Waals surface area contributed by atoms with Crippen LogP contribution < -0.4 is 10.2 Å². The first-order valence-electron chi connectivity index (χ1n) is 8.67. The van der Waals surface area contributed by atoms with Crippen LogP contribution in [0.4, 0.5) is 0 Å². The summed E-state index contributed by atoms with van der Waals surface area (Å²) in [5.74, 6) is 0. The van der Waals surface area contributed by atoms with E-state index in [2.05, 4.69) is 27.3 Å². The van der Waals surface area contributed by atoms with Gasteiger partial charge in [0.05, 0.1) is 6.42 Å². The minimum Gasteiger partial charge on any atom is -0.261 e.